The molecule has 0 aromatic carbocycles. The minimum atomic E-state index is -0.618. The minimum absolute atomic E-state index is 0.380. The van der Waals surface area contributed by atoms with E-state index in [0.717, 1.165) is 12.1 Å². The van der Waals surface area contributed by atoms with Crippen molar-refractivity contribution < 1.29 is 9.84 Å². The topological polar surface area (TPSA) is 58.7 Å². The van der Waals surface area contributed by atoms with Crippen LogP contribution < -0.4 is 5.73 Å². The summed E-state index contributed by atoms with van der Waals surface area (Å²) in [5, 5.41) is 12.6. The van der Waals surface area contributed by atoms with Gasteiger partial charge in [-0.05, 0) is 18.5 Å². The van der Waals surface area contributed by atoms with Gasteiger partial charge >= 0.3 is 0 Å². The van der Waals surface area contributed by atoms with Crippen molar-refractivity contribution in [1.29, 1.82) is 0 Å². The Labute approximate surface area is 124 Å². The van der Waals surface area contributed by atoms with Crippen molar-refractivity contribution in [3.63, 3.8) is 0 Å². The first-order chi connectivity index (χ1) is 9.63. The van der Waals surface area contributed by atoms with Crippen LogP contribution in [0.25, 0.3) is 0 Å². The summed E-state index contributed by atoms with van der Waals surface area (Å²) in [6.07, 6.45) is 1.42. The molecular weight excluding hydrogens is 272 g/mol. The van der Waals surface area contributed by atoms with Crippen molar-refractivity contribution in [1.82, 2.24) is 4.90 Å². The van der Waals surface area contributed by atoms with E-state index in [9.17, 15) is 5.11 Å². The number of hydrogen-bond donors (Lipinski definition) is 2. The highest BCUT2D eigenvalue weighted by molar-refractivity contribution is 7.10. The number of hydrogen-bond acceptors (Lipinski definition) is 5. The molecule has 20 heavy (non-hydrogen) atoms. The molecule has 1 saturated heterocycles. The van der Waals surface area contributed by atoms with Gasteiger partial charge in [0, 0.05) is 49.6 Å². The summed E-state index contributed by atoms with van der Waals surface area (Å²) in [7, 11) is 2.04. The van der Waals surface area contributed by atoms with Crippen molar-refractivity contribution >= 4 is 11.3 Å². The van der Waals surface area contributed by atoms with E-state index >= 15 is 0 Å². The summed E-state index contributed by atoms with van der Waals surface area (Å²) >= 11 is 1.70. The molecule has 1 aliphatic heterocycles. The molecule has 0 radical (unpaired) electrons. The molecule has 5 heteroatoms. The van der Waals surface area contributed by atoms with E-state index in [0.29, 0.717) is 39.1 Å². The van der Waals surface area contributed by atoms with Gasteiger partial charge in [0.25, 0.3) is 0 Å². The third kappa shape index (κ3) is 4.30. The first kappa shape index (κ1) is 15.5. The van der Waals surface area contributed by atoms with Gasteiger partial charge in [0.2, 0.25) is 0 Å². The van der Waals surface area contributed by atoms with E-state index in [-0.39, 0.29) is 0 Å². The lowest BCUT2D eigenvalue weighted by molar-refractivity contribution is -0.0776. The van der Waals surface area contributed by atoms with E-state index in [1.54, 1.807) is 11.3 Å². The molecule has 0 aliphatic carbocycles. The standard InChI is InChI=1S/C15H22N2O2S/c1-17(12-15(18)5-8-19-9-6-15)11-14-13(3-2-7-16)4-10-20-14/h4,10,18H,5-9,11-12,16H2,1H3. The van der Waals surface area contributed by atoms with Crippen LogP contribution >= 0.6 is 11.3 Å². The van der Waals surface area contributed by atoms with Gasteiger partial charge < -0.3 is 15.6 Å². The molecule has 3 N–H and O–H groups in total. The largest absolute Gasteiger partial charge is 0.388 e. The Morgan fingerprint density at radius 2 is 2.25 bits per heavy atom. The summed E-state index contributed by atoms with van der Waals surface area (Å²) in [4.78, 5) is 3.38. The summed E-state index contributed by atoms with van der Waals surface area (Å²) < 4.78 is 5.31. The molecule has 1 fully saturated rings. The predicted octanol–water partition coefficient (Wildman–Crippen LogP) is 1.03. The fraction of sp³-hybridized carbons (Fsp3) is 0.600. The summed E-state index contributed by atoms with van der Waals surface area (Å²) in [6.45, 7) is 3.14. The van der Waals surface area contributed by atoms with Gasteiger partial charge in [-0.3, -0.25) is 4.90 Å². The molecule has 1 aliphatic rings. The number of likely N-dealkylation sites (N-methyl/N-ethyl adjacent to an activating group) is 1. The van der Waals surface area contributed by atoms with Crippen LogP contribution in [0.4, 0.5) is 0 Å². The van der Waals surface area contributed by atoms with Crippen molar-refractivity contribution in [2.75, 3.05) is 33.4 Å². The molecule has 4 nitrogen and oxygen atoms in total. The maximum absolute atomic E-state index is 10.5. The number of ether oxygens (including phenoxy) is 1. The number of nitrogens with two attached hydrogens (primary N) is 1. The first-order valence-electron chi connectivity index (χ1n) is 6.87. The number of rotatable bonds is 4. The van der Waals surface area contributed by atoms with Gasteiger partial charge in [0.15, 0.2) is 0 Å². The third-order valence-electron chi connectivity index (χ3n) is 3.47. The average molecular weight is 294 g/mol. The number of aliphatic hydroxyl groups is 1. The maximum atomic E-state index is 10.5. The second kappa shape index (κ2) is 7.21. The lowest BCUT2D eigenvalue weighted by atomic mass is 9.94. The molecule has 0 amide bonds. The Bertz CT molecular complexity index is 484. The molecule has 0 spiro atoms. The average Bonchev–Trinajstić information content (AvgIpc) is 2.83. The van der Waals surface area contributed by atoms with Gasteiger partial charge in [-0.15, -0.1) is 11.3 Å². The highest BCUT2D eigenvalue weighted by atomic mass is 32.1. The Balaban J connectivity index is 1.94. The first-order valence-corrected chi connectivity index (χ1v) is 7.75. The monoisotopic (exact) mass is 294 g/mol. The van der Waals surface area contributed by atoms with Gasteiger partial charge in [-0.25, -0.2) is 0 Å². The van der Waals surface area contributed by atoms with Gasteiger partial charge in [-0.1, -0.05) is 11.8 Å². The van der Waals surface area contributed by atoms with Gasteiger partial charge in [0.05, 0.1) is 12.1 Å². The quantitative estimate of drug-likeness (QED) is 0.815. The summed E-state index contributed by atoms with van der Waals surface area (Å²) in [5.74, 6) is 5.99. The normalized spacial score (nSPS) is 17.8. The van der Waals surface area contributed by atoms with E-state index in [1.165, 1.54) is 4.88 Å². The van der Waals surface area contributed by atoms with Crippen LogP contribution in [0.2, 0.25) is 0 Å². The van der Waals surface area contributed by atoms with Gasteiger partial charge in [-0.2, -0.15) is 0 Å². The molecule has 2 rings (SSSR count). The van der Waals surface area contributed by atoms with Crippen LogP contribution in [0, 0.1) is 11.8 Å². The molecule has 2 heterocycles. The van der Waals surface area contributed by atoms with Crippen LogP contribution in [0.15, 0.2) is 11.4 Å². The summed E-state index contributed by atoms with van der Waals surface area (Å²) in [6, 6.07) is 2.03. The number of nitrogens with zero attached hydrogens (tertiary/aromatic N) is 1. The zero-order chi connectivity index (χ0) is 14.4. The third-order valence-corrected chi connectivity index (χ3v) is 4.38. The zero-order valence-corrected chi connectivity index (χ0v) is 12.7. The van der Waals surface area contributed by atoms with Crippen LogP contribution in [0.5, 0.6) is 0 Å². The lowest BCUT2D eigenvalue weighted by Crippen LogP contribution is -2.45. The molecule has 0 unspecified atom stereocenters. The van der Waals surface area contributed by atoms with Crippen LogP contribution in [0.3, 0.4) is 0 Å². The Morgan fingerprint density at radius 3 is 2.95 bits per heavy atom. The van der Waals surface area contributed by atoms with Gasteiger partial charge in [0.1, 0.15) is 0 Å². The van der Waals surface area contributed by atoms with Crippen molar-refractivity contribution in [2.24, 2.45) is 5.73 Å². The highest BCUT2D eigenvalue weighted by Gasteiger charge is 2.31. The molecule has 1 aromatic heterocycles. The van der Waals surface area contributed by atoms with E-state index in [4.69, 9.17) is 10.5 Å². The molecule has 0 atom stereocenters. The lowest BCUT2D eigenvalue weighted by Gasteiger charge is -2.35. The Morgan fingerprint density at radius 1 is 1.50 bits per heavy atom. The van der Waals surface area contributed by atoms with E-state index in [2.05, 4.69) is 16.7 Å². The molecule has 1 aromatic rings. The Hall–Kier alpha value is -0.900. The number of thiophene rings is 1. The SMILES string of the molecule is CN(Cc1sccc1C#CCN)CC1(O)CCOCC1. The van der Waals surface area contributed by atoms with E-state index in [1.807, 2.05) is 18.5 Å². The van der Waals surface area contributed by atoms with Crippen molar-refractivity contribution in [2.45, 2.75) is 25.0 Å². The second-order valence-corrected chi connectivity index (χ2v) is 6.27. The highest BCUT2D eigenvalue weighted by Crippen LogP contribution is 2.23. The fourth-order valence-corrected chi connectivity index (χ4v) is 3.34. The van der Waals surface area contributed by atoms with Crippen LogP contribution in [0.1, 0.15) is 23.3 Å². The predicted molar refractivity (Wildman–Crippen MR) is 81.6 cm³/mol. The van der Waals surface area contributed by atoms with Crippen LogP contribution in [-0.4, -0.2) is 49.0 Å². The smallest absolute Gasteiger partial charge is 0.0817 e. The molecule has 0 bridgehead atoms. The second-order valence-electron chi connectivity index (χ2n) is 5.27. The minimum Gasteiger partial charge on any atom is -0.388 e. The summed E-state index contributed by atoms with van der Waals surface area (Å²) in [5.41, 5.74) is 5.84. The molecule has 0 saturated carbocycles. The Kier molecular flexibility index (Phi) is 5.58. The molecular formula is C15H22N2O2S. The maximum Gasteiger partial charge on any atom is 0.0817 e. The van der Waals surface area contributed by atoms with E-state index < -0.39 is 5.60 Å². The van der Waals surface area contributed by atoms with Crippen molar-refractivity contribution in [3.8, 4) is 11.8 Å². The fourth-order valence-electron chi connectivity index (χ4n) is 2.43. The van der Waals surface area contributed by atoms with Crippen molar-refractivity contribution in [3.05, 3.63) is 21.9 Å². The zero-order valence-electron chi connectivity index (χ0n) is 11.9. The molecule has 110 valence electrons. The van der Waals surface area contributed by atoms with Crippen LogP contribution in [-0.2, 0) is 11.3 Å².